The molecule has 0 saturated carbocycles. The zero-order valence-electron chi connectivity index (χ0n) is 15.3. The fraction of sp³-hybridized carbons (Fsp3) is 0.375. The number of carbonyl (C=O) groups is 2. The van der Waals surface area contributed by atoms with Crippen LogP contribution >= 0.6 is 0 Å². The van der Waals surface area contributed by atoms with E-state index in [1.807, 2.05) is 0 Å². The molecule has 0 atom stereocenters. The van der Waals surface area contributed by atoms with Crippen LogP contribution in [0.1, 0.15) is 35.6 Å². The summed E-state index contributed by atoms with van der Waals surface area (Å²) in [5.41, 5.74) is 0.728. The van der Waals surface area contributed by atoms with Gasteiger partial charge in [-0.05, 0) is 38.5 Å². The summed E-state index contributed by atoms with van der Waals surface area (Å²) in [6, 6.07) is 4.09. The predicted octanol–water partition coefficient (Wildman–Crippen LogP) is 1.19. The molecular formula is C16H20N4O6S. The molecule has 0 bridgehead atoms. The van der Waals surface area contributed by atoms with Crippen LogP contribution in [0.5, 0.6) is 0 Å². The minimum absolute atomic E-state index is 0.143. The molecule has 1 heterocycles. The molecule has 0 radical (unpaired) electrons. The number of H-pyrrole nitrogens is 1. The number of nitrogens with zero attached hydrogens (tertiary/aromatic N) is 2. The maximum Gasteiger partial charge on any atom is 0.338 e. The van der Waals surface area contributed by atoms with Gasteiger partial charge in [0.05, 0.1) is 23.7 Å². The number of aromatic amines is 1. The molecule has 0 unspecified atom stereocenters. The Balaban J connectivity index is 2.24. The molecule has 0 aliphatic rings. The number of aryl methyl sites for hydroxylation is 1. The molecule has 2 aromatic rings. The Hall–Kier alpha value is -2.95. The molecular weight excluding hydrogens is 376 g/mol. The molecule has 0 saturated heterocycles. The minimum Gasteiger partial charge on any atom is -0.469 e. The monoisotopic (exact) mass is 396 g/mol. The molecule has 2 rings (SSSR count). The van der Waals surface area contributed by atoms with Gasteiger partial charge >= 0.3 is 11.9 Å². The van der Waals surface area contributed by atoms with Crippen molar-refractivity contribution in [3.8, 4) is 0 Å². The van der Waals surface area contributed by atoms with E-state index in [9.17, 15) is 18.0 Å². The molecule has 0 aliphatic heterocycles. The highest BCUT2D eigenvalue weighted by molar-refractivity contribution is 7.92. The second kappa shape index (κ2) is 8.16. The van der Waals surface area contributed by atoms with Crippen molar-refractivity contribution in [2.24, 2.45) is 0 Å². The normalized spacial score (nSPS) is 11.3. The molecule has 2 N–H and O–H groups in total. The fourth-order valence-corrected chi connectivity index (χ4v) is 3.04. The second-order valence-electron chi connectivity index (χ2n) is 5.89. The Bertz CT molecular complexity index is 952. The quantitative estimate of drug-likeness (QED) is 0.665. The maximum atomic E-state index is 12.5. The topological polar surface area (TPSA) is 140 Å². The summed E-state index contributed by atoms with van der Waals surface area (Å²) in [7, 11) is -2.83. The summed E-state index contributed by atoms with van der Waals surface area (Å²) >= 11 is 0. The molecule has 0 amide bonds. The van der Waals surface area contributed by atoms with E-state index in [-0.39, 0.29) is 34.8 Å². The number of carbonyl (C=O) groups excluding carboxylic acids is 2. The number of hydrogen-bond donors (Lipinski definition) is 2. The van der Waals surface area contributed by atoms with Crippen LogP contribution in [0, 0.1) is 6.92 Å². The molecule has 1 aromatic heterocycles. The van der Waals surface area contributed by atoms with E-state index < -0.39 is 22.0 Å². The number of rotatable bonds is 7. The van der Waals surface area contributed by atoms with Crippen molar-refractivity contribution in [3.63, 3.8) is 0 Å². The number of benzene rings is 1. The first-order chi connectivity index (χ1) is 12.6. The van der Waals surface area contributed by atoms with E-state index >= 15 is 0 Å². The van der Waals surface area contributed by atoms with Crippen LogP contribution in [-0.4, -0.2) is 48.8 Å². The summed E-state index contributed by atoms with van der Waals surface area (Å²) in [6.45, 7) is 5.07. The van der Waals surface area contributed by atoms with Gasteiger partial charge in [0.25, 0.3) is 16.0 Å². The standard InChI is InChI=1S/C16H20N4O6S/c1-9(2)26-15(22)12-7-11(6-5-10(12)3)27(23,24)20-16-17-13(18-19-16)8-14(21)25-4/h5-7,9H,8H2,1-4H3,(H2,17,18,19,20). The Morgan fingerprint density at radius 3 is 2.63 bits per heavy atom. The molecule has 10 nitrogen and oxygen atoms in total. The maximum absolute atomic E-state index is 12.5. The van der Waals surface area contributed by atoms with Crippen LogP contribution in [0.4, 0.5) is 5.95 Å². The number of aromatic nitrogens is 3. The summed E-state index contributed by atoms with van der Waals surface area (Å²) in [6.07, 6.45) is -0.516. The van der Waals surface area contributed by atoms with Crippen molar-refractivity contribution in [3.05, 3.63) is 35.2 Å². The Morgan fingerprint density at radius 1 is 1.30 bits per heavy atom. The average molecular weight is 396 g/mol. The number of methoxy groups -OCH3 is 1. The van der Waals surface area contributed by atoms with Gasteiger partial charge in [-0.1, -0.05) is 6.07 Å². The third kappa shape index (κ3) is 5.26. The van der Waals surface area contributed by atoms with E-state index in [1.165, 1.54) is 25.3 Å². The zero-order chi connectivity index (χ0) is 20.2. The van der Waals surface area contributed by atoms with Gasteiger partial charge in [0.1, 0.15) is 12.2 Å². The molecule has 0 aliphatic carbocycles. The number of anilines is 1. The van der Waals surface area contributed by atoms with Gasteiger partial charge in [-0.2, -0.15) is 4.98 Å². The summed E-state index contributed by atoms with van der Waals surface area (Å²) < 4.78 is 36.9. The van der Waals surface area contributed by atoms with Gasteiger partial charge in [0.2, 0.25) is 0 Å². The summed E-state index contributed by atoms with van der Waals surface area (Å²) in [4.78, 5) is 27.1. The lowest BCUT2D eigenvalue weighted by atomic mass is 10.1. The van der Waals surface area contributed by atoms with E-state index in [0.29, 0.717) is 5.56 Å². The Kier molecular flexibility index (Phi) is 6.16. The molecule has 11 heteroatoms. The van der Waals surface area contributed by atoms with Crippen LogP contribution in [0.2, 0.25) is 0 Å². The van der Waals surface area contributed by atoms with Gasteiger partial charge in [-0.15, -0.1) is 5.10 Å². The number of ether oxygens (including phenoxy) is 2. The predicted molar refractivity (Wildman–Crippen MR) is 94.6 cm³/mol. The van der Waals surface area contributed by atoms with Crippen LogP contribution in [-0.2, 0) is 30.7 Å². The van der Waals surface area contributed by atoms with Crippen molar-refractivity contribution in [2.45, 2.75) is 38.2 Å². The van der Waals surface area contributed by atoms with E-state index in [0.717, 1.165) is 0 Å². The molecule has 0 spiro atoms. The van der Waals surface area contributed by atoms with Crippen LogP contribution in [0.15, 0.2) is 23.1 Å². The van der Waals surface area contributed by atoms with Crippen LogP contribution in [0.3, 0.4) is 0 Å². The van der Waals surface area contributed by atoms with Crippen molar-refractivity contribution < 1.29 is 27.5 Å². The molecule has 0 fully saturated rings. The minimum atomic E-state index is -4.05. The Labute approximate surface area is 156 Å². The van der Waals surface area contributed by atoms with Crippen molar-refractivity contribution in [1.29, 1.82) is 0 Å². The van der Waals surface area contributed by atoms with Crippen molar-refractivity contribution in [2.75, 3.05) is 11.8 Å². The van der Waals surface area contributed by atoms with Crippen LogP contribution in [0.25, 0.3) is 0 Å². The number of sulfonamides is 1. The average Bonchev–Trinajstić information content (AvgIpc) is 3.00. The molecule has 27 heavy (non-hydrogen) atoms. The number of nitrogens with one attached hydrogen (secondary N) is 2. The first-order valence-corrected chi connectivity index (χ1v) is 9.43. The van der Waals surface area contributed by atoms with E-state index in [2.05, 4.69) is 24.6 Å². The van der Waals surface area contributed by atoms with Gasteiger partial charge in [-0.25, -0.2) is 17.9 Å². The highest BCUT2D eigenvalue weighted by Gasteiger charge is 2.21. The first-order valence-electron chi connectivity index (χ1n) is 7.95. The van der Waals surface area contributed by atoms with Gasteiger partial charge in [0, 0.05) is 0 Å². The molecule has 146 valence electrons. The lowest BCUT2D eigenvalue weighted by Crippen LogP contribution is -2.17. The van der Waals surface area contributed by atoms with Crippen molar-refractivity contribution in [1.82, 2.24) is 15.2 Å². The van der Waals surface area contributed by atoms with E-state index in [1.54, 1.807) is 20.8 Å². The lowest BCUT2D eigenvalue weighted by molar-refractivity contribution is -0.139. The van der Waals surface area contributed by atoms with Crippen LogP contribution < -0.4 is 4.72 Å². The lowest BCUT2D eigenvalue weighted by Gasteiger charge is -2.11. The van der Waals surface area contributed by atoms with Gasteiger partial charge in [-0.3, -0.25) is 9.89 Å². The summed E-state index contributed by atoms with van der Waals surface area (Å²) in [5.74, 6) is -1.25. The fourth-order valence-electron chi connectivity index (χ4n) is 2.07. The Morgan fingerprint density at radius 2 is 2.00 bits per heavy atom. The number of esters is 2. The zero-order valence-corrected chi connectivity index (χ0v) is 16.1. The van der Waals surface area contributed by atoms with Crippen molar-refractivity contribution >= 4 is 27.9 Å². The summed E-state index contributed by atoms with van der Waals surface area (Å²) in [5, 5.41) is 6.15. The smallest absolute Gasteiger partial charge is 0.338 e. The second-order valence-corrected chi connectivity index (χ2v) is 7.58. The van der Waals surface area contributed by atoms with E-state index in [4.69, 9.17) is 4.74 Å². The third-order valence-corrected chi connectivity index (χ3v) is 4.70. The SMILES string of the molecule is COC(=O)Cc1nc(NS(=O)(=O)c2ccc(C)c(C(=O)OC(C)C)c2)n[nH]1. The third-order valence-electron chi connectivity index (χ3n) is 3.38. The highest BCUT2D eigenvalue weighted by atomic mass is 32.2. The van der Waals surface area contributed by atoms with Gasteiger partial charge < -0.3 is 9.47 Å². The molecule has 1 aromatic carbocycles. The number of hydrogen-bond acceptors (Lipinski definition) is 8. The highest BCUT2D eigenvalue weighted by Crippen LogP contribution is 2.19. The van der Waals surface area contributed by atoms with Gasteiger partial charge in [0.15, 0.2) is 0 Å². The first kappa shape index (κ1) is 20.4. The largest absolute Gasteiger partial charge is 0.469 e.